The first kappa shape index (κ1) is 16.6. The van der Waals surface area contributed by atoms with Crippen LogP contribution in [0.3, 0.4) is 0 Å². The molecule has 1 saturated heterocycles. The van der Waals surface area contributed by atoms with Crippen molar-refractivity contribution in [1.29, 1.82) is 0 Å². The summed E-state index contributed by atoms with van der Waals surface area (Å²) in [7, 11) is 0. The number of rotatable bonds is 6. The van der Waals surface area contributed by atoms with Gasteiger partial charge in [-0.1, -0.05) is 30.3 Å². The van der Waals surface area contributed by atoms with Crippen LogP contribution in [0.1, 0.15) is 24.2 Å². The van der Waals surface area contributed by atoms with Crippen molar-refractivity contribution in [3.05, 3.63) is 60.1 Å². The third kappa shape index (κ3) is 5.13. The molecule has 2 heterocycles. The molecule has 2 N–H and O–H groups in total. The van der Waals surface area contributed by atoms with Crippen molar-refractivity contribution in [1.82, 2.24) is 15.5 Å². The second-order valence-electron chi connectivity index (χ2n) is 6.35. The van der Waals surface area contributed by atoms with Crippen LogP contribution in [0.2, 0.25) is 0 Å². The van der Waals surface area contributed by atoms with Gasteiger partial charge in [0.1, 0.15) is 5.76 Å². The van der Waals surface area contributed by atoms with Crippen LogP contribution in [-0.4, -0.2) is 30.6 Å². The van der Waals surface area contributed by atoms with Gasteiger partial charge in [0.05, 0.1) is 12.8 Å². The number of hydrogen-bond acceptors (Lipinski definition) is 3. The summed E-state index contributed by atoms with van der Waals surface area (Å²) in [6, 6.07) is 14.1. The summed E-state index contributed by atoms with van der Waals surface area (Å²) in [4.78, 5) is 14.3. The van der Waals surface area contributed by atoms with E-state index in [0.29, 0.717) is 12.5 Å². The maximum atomic E-state index is 11.8. The molecule has 0 unspecified atom stereocenters. The highest BCUT2D eigenvalue weighted by atomic mass is 16.3. The molecule has 1 aromatic carbocycles. The molecule has 24 heavy (non-hydrogen) atoms. The van der Waals surface area contributed by atoms with E-state index in [4.69, 9.17) is 4.42 Å². The summed E-state index contributed by atoms with van der Waals surface area (Å²) in [5.74, 6) is 1.32. The Morgan fingerprint density at radius 3 is 2.58 bits per heavy atom. The lowest BCUT2D eigenvalue weighted by atomic mass is 9.96. The minimum Gasteiger partial charge on any atom is -0.467 e. The fraction of sp³-hybridized carbons (Fsp3) is 0.421. The molecule has 1 aliphatic rings. The molecule has 5 nitrogen and oxygen atoms in total. The van der Waals surface area contributed by atoms with Crippen molar-refractivity contribution in [2.75, 3.05) is 19.6 Å². The van der Waals surface area contributed by atoms with Crippen LogP contribution in [0.5, 0.6) is 0 Å². The van der Waals surface area contributed by atoms with Gasteiger partial charge in [-0.15, -0.1) is 0 Å². The van der Waals surface area contributed by atoms with Crippen LogP contribution in [0.15, 0.2) is 53.1 Å². The number of likely N-dealkylation sites (tertiary alicyclic amines) is 1. The first-order valence-electron chi connectivity index (χ1n) is 8.60. The zero-order valence-corrected chi connectivity index (χ0v) is 13.9. The summed E-state index contributed by atoms with van der Waals surface area (Å²) in [5, 5.41) is 5.78. The van der Waals surface area contributed by atoms with Crippen molar-refractivity contribution in [2.24, 2.45) is 5.92 Å². The second-order valence-corrected chi connectivity index (χ2v) is 6.35. The van der Waals surface area contributed by atoms with Crippen molar-refractivity contribution in [3.63, 3.8) is 0 Å². The molecule has 5 heteroatoms. The van der Waals surface area contributed by atoms with Crippen LogP contribution in [0.25, 0.3) is 0 Å². The van der Waals surface area contributed by atoms with Crippen LogP contribution < -0.4 is 10.6 Å². The number of furan rings is 1. The zero-order valence-electron chi connectivity index (χ0n) is 13.9. The topological polar surface area (TPSA) is 57.5 Å². The molecule has 128 valence electrons. The number of amides is 2. The van der Waals surface area contributed by atoms with E-state index in [-0.39, 0.29) is 6.03 Å². The molecule has 1 fully saturated rings. The van der Waals surface area contributed by atoms with Gasteiger partial charge in [0, 0.05) is 13.1 Å². The summed E-state index contributed by atoms with van der Waals surface area (Å²) in [5.41, 5.74) is 1.37. The van der Waals surface area contributed by atoms with E-state index < -0.39 is 0 Å². The monoisotopic (exact) mass is 327 g/mol. The standard InChI is InChI=1S/C19H25N3O2/c23-19(21-14-18-7-4-12-24-18)20-13-16-8-10-22(11-9-16)15-17-5-2-1-3-6-17/h1-7,12,16H,8-11,13-15H2,(H2,20,21,23). The van der Waals surface area contributed by atoms with Crippen molar-refractivity contribution in [3.8, 4) is 0 Å². The third-order valence-electron chi connectivity index (χ3n) is 4.51. The maximum Gasteiger partial charge on any atom is 0.315 e. The Morgan fingerprint density at radius 2 is 1.88 bits per heavy atom. The molecule has 0 radical (unpaired) electrons. The quantitative estimate of drug-likeness (QED) is 0.857. The fourth-order valence-corrected chi connectivity index (χ4v) is 3.07. The Labute approximate surface area is 143 Å². The van der Waals surface area contributed by atoms with Crippen LogP contribution in [0, 0.1) is 5.92 Å². The average Bonchev–Trinajstić information content (AvgIpc) is 3.14. The predicted molar refractivity (Wildman–Crippen MR) is 93.4 cm³/mol. The van der Waals surface area contributed by atoms with Gasteiger partial charge in [-0.2, -0.15) is 0 Å². The van der Waals surface area contributed by atoms with E-state index in [0.717, 1.165) is 44.8 Å². The number of piperidine rings is 1. The highest BCUT2D eigenvalue weighted by Gasteiger charge is 2.19. The SMILES string of the molecule is O=C(NCc1ccco1)NCC1CCN(Cc2ccccc2)CC1. The lowest BCUT2D eigenvalue weighted by molar-refractivity contribution is 0.174. The second kappa shape index (κ2) is 8.55. The number of carbonyl (C=O) groups excluding carboxylic acids is 1. The molecule has 0 spiro atoms. The van der Waals surface area contributed by atoms with Crippen molar-refractivity contribution < 1.29 is 9.21 Å². The lowest BCUT2D eigenvalue weighted by Gasteiger charge is -2.32. The number of hydrogen-bond donors (Lipinski definition) is 2. The van der Waals surface area contributed by atoms with Crippen molar-refractivity contribution in [2.45, 2.75) is 25.9 Å². The van der Waals surface area contributed by atoms with Gasteiger partial charge < -0.3 is 15.1 Å². The van der Waals surface area contributed by atoms with E-state index in [2.05, 4.69) is 45.9 Å². The van der Waals surface area contributed by atoms with Crippen LogP contribution in [0.4, 0.5) is 4.79 Å². The van der Waals surface area contributed by atoms with Gasteiger partial charge in [-0.05, 0) is 49.5 Å². The molecule has 0 saturated carbocycles. The number of carbonyl (C=O) groups is 1. The molecule has 1 aliphatic heterocycles. The molecule has 0 aliphatic carbocycles. The smallest absolute Gasteiger partial charge is 0.315 e. The first-order chi connectivity index (χ1) is 11.8. The molecule has 0 bridgehead atoms. The van der Waals surface area contributed by atoms with Gasteiger partial charge in [-0.25, -0.2) is 4.79 Å². The van der Waals surface area contributed by atoms with Crippen LogP contribution >= 0.6 is 0 Å². The fourth-order valence-electron chi connectivity index (χ4n) is 3.07. The molecular weight excluding hydrogens is 302 g/mol. The Morgan fingerprint density at radius 1 is 1.08 bits per heavy atom. The Bertz CT molecular complexity index is 605. The van der Waals surface area contributed by atoms with E-state index >= 15 is 0 Å². The predicted octanol–water partition coefficient (Wildman–Crippen LogP) is 2.99. The van der Waals surface area contributed by atoms with Gasteiger partial charge in [0.2, 0.25) is 0 Å². The zero-order chi connectivity index (χ0) is 16.6. The van der Waals surface area contributed by atoms with Gasteiger partial charge >= 0.3 is 6.03 Å². The average molecular weight is 327 g/mol. The van der Waals surface area contributed by atoms with Crippen LogP contribution in [-0.2, 0) is 13.1 Å². The number of nitrogens with one attached hydrogen (secondary N) is 2. The number of nitrogens with zero attached hydrogens (tertiary/aromatic N) is 1. The number of benzene rings is 1. The molecule has 2 aromatic rings. The minimum absolute atomic E-state index is 0.127. The number of urea groups is 1. The molecule has 2 amide bonds. The maximum absolute atomic E-state index is 11.8. The normalized spacial score (nSPS) is 16.0. The largest absolute Gasteiger partial charge is 0.467 e. The highest BCUT2D eigenvalue weighted by Crippen LogP contribution is 2.18. The Balaban J connectivity index is 1.31. The van der Waals surface area contributed by atoms with Gasteiger partial charge in [-0.3, -0.25) is 4.90 Å². The molecule has 1 aromatic heterocycles. The van der Waals surface area contributed by atoms with E-state index in [9.17, 15) is 4.79 Å². The summed E-state index contributed by atoms with van der Waals surface area (Å²) < 4.78 is 5.19. The van der Waals surface area contributed by atoms with Gasteiger partial charge in [0.15, 0.2) is 0 Å². The minimum atomic E-state index is -0.127. The van der Waals surface area contributed by atoms with E-state index in [1.54, 1.807) is 6.26 Å². The molecular formula is C19H25N3O2. The Kier molecular flexibility index (Phi) is 5.90. The first-order valence-corrected chi connectivity index (χ1v) is 8.60. The van der Waals surface area contributed by atoms with Gasteiger partial charge in [0.25, 0.3) is 0 Å². The Hall–Kier alpha value is -2.27. The van der Waals surface area contributed by atoms with E-state index in [1.165, 1.54) is 5.56 Å². The summed E-state index contributed by atoms with van der Waals surface area (Å²) in [6.07, 6.45) is 3.87. The lowest BCUT2D eigenvalue weighted by Crippen LogP contribution is -2.41. The third-order valence-corrected chi connectivity index (χ3v) is 4.51. The summed E-state index contributed by atoms with van der Waals surface area (Å²) >= 11 is 0. The highest BCUT2D eigenvalue weighted by molar-refractivity contribution is 5.73. The van der Waals surface area contributed by atoms with E-state index in [1.807, 2.05) is 12.1 Å². The summed E-state index contributed by atoms with van der Waals surface area (Å²) in [6.45, 7) is 4.37. The molecule has 3 rings (SSSR count). The van der Waals surface area contributed by atoms with Crippen molar-refractivity contribution >= 4 is 6.03 Å². The molecule has 0 atom stereocenters.